The Labute approximate surface area is 137 Å². The van der Waals surface area contributed by atoms with Crippen LogP contribution in [0.25, 0.3) is 0 Å². The van der Waals surface area contributed by atoms with Crippen LogP contribution in [-0.4, -0.2) is 50.4 Å². The van der Waals surface area contributed by atoms with E-state index in [1.807, 2.05) is 30.3 Å². The second-order valence-corrected chi connectivity index (χ2v) is 8.64. The van der Waals surface area contributed by atoms with E-state index in [2.05, 4.69) is 0 Å². The predicted octanol–water partition coefficient (Wildman–Crippen LogP) is 2.71. The van der Waals surface area contributed by atoms with Crippen LogP contribution < -0.4 is 0 Å². The van der Waals surface area contributed by atoms with Crippen LogP contribution in [0.1, 0.15) is 37.2 Å². The zero-order chi connectivity index (χ0) is 16.4. The highest BCUT2D eigenvalue weighted by Crippen LogP contribution is 2.35. The number of rotatable bonds is 4. The fourth-order valence-electron chi connectivity index (χ4n) is 3.82. The number of ether oxygens (including phenoxy) is 1. The molecule has 2 fully saturated rings. The minimum atomic E-state index is -3.53. The van der Waals surface area contributed by atoms with Gasteiger partial charge in [-0.25, -0.2) is 12.8 Å². The number of methoxy groups -OCH3 is 1. The highest BCUT2D eigenvalue weighted by atomic mass is 32.2. The maximum atomic E-state index is 14.5. The van der Waals surface area contributed by atoms with Crippen molar-refractivity contribution >= 4 is 10.0 Å². The van der Waals surface area contributed by atoms with Gasteiger partial charge in [0.2, 0.25) is 10.0 Å². The molecule has 1 heterocycles. The number of sulfonamides is 1. The quantitative estimate of drug-likeness (QED) is 0.846. The van der Waals surface area contributed by atoms with Crippen LogP contribution in [0.3, 0.4) is 0 Å². The normalized spacial score (nSPS) is 33.0. The molecule has 6 heteroatoms. The van der Waals surface area contributed by atoms with Crippen molar-refractivity contribution < 1.29 is 17.5 Å². The Morgan fingerprint density at radius 3 is 2.52 bits per heavy atom. The van der Waals surface area contributed by atoms with E-state index in [4.69, 9.17) is 4.74 Å². The number of nitrogens with zero attached hydrogens (tertiary/aromatic N) is 1. The van der Waals surface area contributed by atoms with Gasteiger partial charge >= 0.3 is 0 Å². The summed E-state index contributed by atoms with van der Waals surface area (Å²) < 4.78 is 47.1. The van der Waals surface area contributed by atoms with Gasteiger partial charge in [0.1, 0.15) is 11.4 Å². The molecular formula is C17H24FNO3S. The van der Waals surface area contributed by atoms with Crippen LogP contribution in [0.2, 0.25) is 0 Å². The van der Waals surface area contributed by atoms with E-state index in [0.717, 1.165) is 24.8 Å². The number of halogens is 1. The van der Waals surface area contributed by atoms with Crippen molar-refractivity contribution in [1.29, 1.82) is 0 Å². The highest BCUT2D eigenvalue weighted by Gasteiger charge is 2.45. The first-order valence-electron chi connectivity index (χ1n) is 8.25. The van der Waals surface area contributed by atoms with Crippen molar-refractivity contribution in [3.63, 3.8) is 0 Å². The monoisotopic (exact) mass is 341 g/mol. The van der Waals surface area contributed by atoms with Crippen LogP contribution >= 0.6 is 0 Å². The van der Waals surface area contributed by atoms with Gasteiger partial charge < -0.3 is 4.74 Å². The van der Waals surface area contributed by atoms with Crippen LogP contribution in [0.15, 0.2) is 30.3 Å². The molecule has 1 aromatic rings. The Bertz CT molecular complexity index is 622. The lowest BCUT2D eigenvalue weighted by Crippen LogP contribution is -2.46. The van der Waals surface area contributed by atoms with E-state index in [1.165, 1.54) is 4.31 Å². The molecule has 128 valence electrons. The molecule has 4 nitrogen and oxygen atoms in total. The lowest BCUT2D eigenvalue weighted by atomic mass is 9.97. The van der Waals surface area contributed by atoms with E-state index in [9.17, 15) is 12.8 Å². The van der Waals surface area contributed by atoms with Crippen LogP contribution in [-0.2, 0) is 14.8 Å². The molecule has 0 amide bonds. The standard InChI is InChI=1S/C17H24FNO3S/c1-22-16-9-5-6-10-17(16)23(20,21)19-11-14(15(18)12-19)13-7-3-2-4-8-13/h2-4,7-8,14-17H,5-6,9-12H2,1H3/t14-,15-,16?,17?/m1/s1. The zero-order valence-corrected chi connectivity index (χ0v) is 14.2. The summed E-state index contributed by atoms with van der Waals surface area (Å²) in [6.45, 7) is 0.176. The number of hydrogen-bond donors (Lipinski definition) is 0. The van der Waals surface area contributed by atoms with E-state index in [0.29, 0.717) is 6.42 Å². The first kappa shape index (κ1) is 16.9. The maximum absolute atomic E-state index is 14.5. The van der Waals surface area contributed by atoms with Crippen molar-refractivity contribution in [3.8, 4) is 0 Å². The van der Waals surface area contributed by atoms with Gasteiger partial charge in [-0.3, -0.25) is 0 Å². The molecule has 1 saturated heterocycles. The average molecular weight is 341 g/mol. The average Bonchev–Trinajstić information content (AvgIpc) is 2.98. The lowest BCUT2D eigenvalue weighted by Gasteiger charge is -2.32. The maximum Gasteiger partial charge on any atom is 0.219 e. The smallest absolute Gasteiger partial charge is 0.219 e. The minimum absolute atomic E-state index is 0.0468. The molecule has 3 rings (SSSR count). The second-order valence-electron chi connectivity index (χ2n) is 6.49. The molecule has 1 aliphatic heterocycles. The summed E-state index contributed by atoms with van der Waals surface area (Å²) in [5.41, 5.74) is 0.865. The highest BCUT2D eigenvalue weighted by molar-refractivity contribution is 7.89. The van der Waals surface area contributed by atoms with Crippen LogP contribution in [0.5, 0.6) is 0 Å². The van der Waals surface area contributed by atoms with Crippen LogP contribution in [0, 0.1) is 0 Å². The third kappa shape index (κ3) is 3.30. The summed E-state index contributed by atoms with van der Waals surface area (Å²) in [5, 5.41) is -0.539. The topological polar surface area (TPSA) is 46.6 Å². The van der Waals surface area contributed by atoms with Gasteiger partial charge in [0.05, 0.1) is 6.10 Å². The number of hydrogen-bond acceptors (Lipinski definition) is 3. The minimum Gasteiger partial charge on any atom is -0.380 e. The summed E-state index contributed by atoms with van der Waals surface area (Å²) in [6.07, 6.45) is 1.81. The van der Waals surface area contributed by atoms with Crippen molar-refractivity contribution in [1.82, 2.24) is 4.31 Å². The molecule has 0 spiro atoms. The van der Waals surface area contributed by atoms with Gasteiger partial charge in [-0.2, -0.15) is 4.31 Å². The lowest BCUT2D eigenvalue weighted by molar-refractivity contribution is 0.0722. The van der Waals surface area contributed by atoms with Crippen molar-refractivity contribution in [3.05, 3.63) is 35.9 Å². The Hall–Kier alpha value is -0.980. The zero-order valence-electron chi connectivity index (χ0n) is 13.4. The first-order valence-corrected chi connectivity index (χ1v) is 9.75. The molecule has 0 aromatic heterocycles. The predicted molar refractivity (Wildman–Crippen MR) is 87.6 cm³/mol. The molecule has 23 heavy (non-hydrogen) atoms. The van der Waals surface area contributed by atoms with Gasteiger partial charge in [0, 0.05) is 26.1 Å². The van der Waals surface area contributed by atoms with Crippen molar-refractivity contribution in [2.24, 2.45) is 0 Å². The fourth-order valence-corrected chi connectivity index (χ4v) is 6.01. The van der Waals surface area contributed by atoms with Gasteiger partial charge in [-0.1, -0.05) is 43.2 Å². The first-order chi connectivity index (χ1) is 11.0. The largest absolute Gasteiger partial charge is 0.380 e. The van der Waals surface area contributed by atoms with E-state index in [-0.39, 0.29) is 25.1 Å². The molecule has 0 N–H and O–H groups in total. The van der Waals surface area contributed by atoms with E-state index >= 15 is 0 Å². The molecule has 2 unspecified atom stereocenters. The molecular weight excluding hydrogens is 317 g/mol. The molecule has 4 atom stereocenters. The number of benzene rings is 1. The third-order valence-corrected chi connectivity index (χ3v) is 7.45. The van der Waals surface area contributed by atoms with E-state index < -0.39 is 21.4 Å². The molecule has 1 saturated carbocycles. The third-order valence-electron chi connectivity index (χ3n) is 5.13. The molecule has 2 aliphatic rings. The molecule has 0 bridgehead atoms. The summed E-state index contributed by atoms with van der Waals surface area (Å²) >= 11 is 0. The number of alkyl halides is 1. The van der Waals surface area contributed by atoms with Gasteiger partial charge in [0.15, 0.2) is 0 Å². The molecule has 1 aliphatic carbocycles. The van der Waals surface area contributed by atoms with E-state index in [1.54, 1.807) is 7.11 Å². The van der Waals surface area contributed by atoms with Gasteiger partial charge in [0.25, 0.3) is 0 Å². The summed E-state index contributed by atoms with van der Waals surface area (Å²) in [5.74, 6) is -0.379. The Kier molecular flexibility index (Phi) is 5.04. The van der Waals surface area contributed by atoms with Crippen molar-refractivity contribution in [2.75, 3.05) is 20.2 Å². The summed E-state index contributed by atoms with van der Waals surface area (Å²) in [6, 6.07) is 9.34. The van der Waals surface area contributed by atoms with Gasteiger partial charge in [-0.15, -0.1) is 0 Å². The Balaban J connectivity index is 1.79. The Morgan fingerprint density at radius 2 is 1.83 bits per heavy atom. The summed E-state index contributed by atoms with van der Waals surface area (Å²) in [7, 11) is -1.97. The summed E-state index contributed by atoms with van der Waals surface area (Å²) in [4.78, 5) is 0. The Morgan fingerprint density at radius 1 is 1.13 bits per heavy atom. The van der Waals surface area contributed by atoms with Crippen LogP contribution in [0.4, 0.5) is 4.39 Å². The SMILES string of the molecule is COC1CCCCC1S(=O)(=O)N1C[C@@H](F)[C@@H](c2ccccc2)C1. The van der Waals surface area contributed by atoms with Gasteiger partial charge in [-0.05, 0) is 18.4 Å². The fraction of sp³-hybridized carbons (Fsp3) is 0.647. The molecule has 0 radical (unpaired) electrons. The second kappa shape index (κ2) is 6.87. The molecule has 1 aromatic carbocycles. The van der Waals surface area contributed by atoms with Crippen molar-refractivity contribution in [2.45, 2.75) is 49.1 Å².